The van der Waals surface area contributed by atoms with E-state index >= 15 is 0 Å². The summed E-state index contributed by atoms with van der Waals surface area (Å²) in [6.45, 7) is 4.32. The molecule has 0 aromatic carbocycles. The molecule has 0 amide bonds. The lowest BCUT2D eigenvalue weighted by Crippen LogP contribution is -2.20. The molecule has 2 aromatic rings. The van der Waals surface area contributed by atoms with Crippen LogP contribution >= 0.6 is 11.3 Å². The minimum atomic E-state index is 0.159. The van der Waals surface area contributed by atoms with E-state index in [0.717, 1.165) is 11.4 Å². The molecule has 1 aliphatic carbocycles. The molecule has 4 nitrogen and oxygen atoms in total. The van der Waals surface area contributed by atoms with Gasteiger partial charge in [0.2, 0.25) is 0 Å². The van der Waals surface area contributed by atoms with Crippen LogP contribution in [0.25, 0.3) is 0 Å². The molecule has 19 heavy (non-hydrogen) atoms. The second kappa shape index (κ2) is 5.06. The molecule has 0 spiro atoms. The lowest BCUT2D eigenvalue weighted by Gasteiger charge is -2.15. The molecule has 2 aromatic heterocycles. The van der Waals surface area contributed by atoms with Gasteiger partial charge in [0, 0.05) is 10.9 Å². The first-order valence-electron chi connectivity index (χ1n) is 6.89. The molecule has 1 atom stereocenters. The molecule has 1 fully saturated rings. The van der Waals surface area contributed by atoms with Gasteiger partial charge in [0.25, 0.3) is 0 Å². The van der Waals surface area contributed by atoms with Crippen LogP contribution in [0.3, 0.4) is 0 Å². The number of hydrogen-bond donors (Lipinski definition) is 1. The van der Waals surface area contributed by atoms with Crippen LogP contribution in [0.5, 0.6) is 0 Å². The maximum atomic E-state index is 4.79. The van der Waals surface area contributed by atoms with Gasteiger partial charge in [0.15, 0.2) is 0 Å². The zero-order chi connectivity index (χ0) is 13.4. The van der Waals surface area contributed by atoms with E-state index in [4.69, 9.17) is 4.98 Å². The van der Waals surface area contributed by atoms with Crippen molar-refractivity contribution in [1.82, 2.24) is 19.9 Å². The Balaban J connectivity index is 1.96. The molecule has 3 rings (SSSR count). The molecule has 0 radical (unpaired) electrons. The number of imidazole rings is 1. The van der Waals surface area contributed by atoms with Crippen LogP contribution in [0, 0.1) is 6.92 Å². The Labute approximate surface area is 117 Å². The molecule has 0 saturated heterocycles. The molecule has 5 heteroatoms. The number of aromatic nitrogens is 3. The molecular formula is C14H20N4S. The SMILES string of the molecule is CCc1nc(C(NC)c2cncn2C2CC2)sc1C. The Hall–Kier alpha value is -1.20. The number of hydrogen-bond acceptors (Lipinski definition) is 4. The van der Waals surface area contributed by atoms with Crippen molar-refractivity contribution in [1.29, 1.82) is 0 Å². The number of nitrogens with one attached hydrogen (secondary N) is 1. The molecule has 1 saturated carbocycles. The summed E-state index contributed by atoms with van der Waals surface area (Å²) in [4.78, 5) is 10.4. The van der Waals surface area contributed by atoms with E-state index in [1.54, 1.807) is 11.3 Å². The molecule has 0 aliphatic heterocycles. The standard InChI is InChI=1S/C14H20N4S/c1-4-11-9(2)19-14(17-11)13(15-3)12-7-16-8-18(12)10-5-6-10/h7-8,10,13,15H,4-6H2,1-3H3. The van der Waals surface area contributed by atoms with Crippen molar-refractivity contribution in [3.63, 3.8) is 0 Å². The first-order chi connectivity index (χ1) is 9.24. The lowest BCUT2D eigenvalue weighted by molar-refractivity contribution is 0.597. The van der Waals surface area contributed by atoms with Crippen LogP contribution in [0.15, 0.2) is 12.5 Å². The lowest BCUT2D eigenvalue weighted by atomic mass is 10.2. The van der Waals surface area contributed by atoms with E-state index in [2.05, 4.69) is 28.7 Å². The minimum Gasteiger partial charge on any atom is -0.330 e. The fourth-order valence-corrected chi connectivity index (χ4v) is 3.63. The fraction of sp³-hybridized carbons (Fsp3) is 0.571. The monoisotopic (exact) mass is 276 g/mol. The third kappa shape index (κ3) is 2.32. The van der Waals surface area contributed by atoms with Gasteiger partial charge in [-0.15, -0.1) is 11.3 Å². The predicted octanol–water partition coefficient (Wildman–Crippen LogP) is 2.85. The first-order valence-corrected chi connectivity index (χ1v) is 7.71. The topological polar surface area (TPSA) is 42.7 Å². The molecule has 1 N–H and O–H groups in total. The number of nitrogens with zero attached hydrogens (tertiary/aromatic N) is 3. The third-order valence-electron chi connectivity index (χ3n) is 3.71. The smallest absolute Gasteiger partial charge is 0.116 e. The van der Waals surface area contributed by atoms with Crippen LogP contribution in [-0.2, 0) is 6.42 Å². The van der Waals surface area contributed by atoms with Gasteiger partial charge in [-0.3, -0.25) is 0 Å². The highest BCUT2D eigenvalue weighted by molar-refractivity contribution is 7.11. The average Bonchev–Trinajstić information content (AvgIpc) is 3.03. The maximum Gasteiger partial charge on any atom is 0.116 e. The summed E-state index contributed by atoms with van der Waals surface area (Å²) in [7, 11) is 2.00. The van der Waals surface area contributed by atoms with Crippen LogP contribution < -0.4 is 5.32 Å². The van der Waals surface area contributed by atoms with Gasteiger partial charge in [0.05, 0.1) is 23.9 Å². The van der Waals surface area contributed by atoms with E-state index in [1.807, 2.05) is 19.6 Å². The fourth-order valence-electron chi connectivity index (χ4n) is 2.50. The van der Waals surface area contributed by atoms with Gasteiger partial charge in [-0.2, -0.15) is 0 Å². The quantitative estimate of drug-likeness (QED) is 0.913. The van der Waals surface area contributed by atoms with E-state index in [1.165, 1.54) is 29.1 Å². The zero-order valence-corrected chi connectivity index (χ0v) is 12.5. The van der Waals surface area contributed by atoms with Crippen molar-refractivity contribution in [2.45, 2.75) is 45.2 Å². The number of aryl methyl sites for hydroxylation is 2. The highest BCUT2D eigenvalue weighted by atomic mass is 32.1. The van der Waals surface area contributed by atoms with Crippen molar-refractivity contribution in [2.75, 3.05) is 7.05 Å². The predicted molar refractivity (Wildman–Crippen MR) is 77.6 cm³/mol. The van der Waals surface area contributed by atoms with Crippen molar-refractivity contribution in [3.8, 4) is 0 Å². The Bertz CT molecular complexity index is 568. The molecular weight excluding hydrogens is 256 g/mol. The summed E-state index contributed by atoms with van der Waals surface area (Å²) in [5.74, 6) is 0. The van der Waals surface area contributed by atoms with Crippen molar-refractivity contribution in [2.24, 2.45) is 0 Å². The van der Waals surface area contributed by atoms with Crippen LogP contribution in [0.4, 0.5) is 0 Å². The minimum absolute atomic E-state index is 0.159. The summed E-state index contributed by atoms with van der Waals surface area (Å²) in [5, 5.41) is 4.55. The third-order valence-corrected chi connectivity index (χ3v) is 4.79. The average molecular weight is 276 g/mol. The van der Waals surface area contributed by atoms with Crippen LogP contribution in [0.2, 0.25) is 0 Å². The summed E-state index contributed by atoms with van der Waals surface area (Å²) >= 11 is 1.80. The Morgan fingerprint density at radius 2 is 2.32 bits per heavy atom. The van der Waals surface area contributed by atoms with E-state index in [0.29, 0.717) is 6.04 Å². The molecule has 1 aliphatic rings. The summed E-state index contributed by atoms with van der Waals surface area (Å²) in [6.07, 6.45) is 7.48. The van der Waals surface area contributed by atoms with Crippen LogP contribution in [0.1, 0.15) is 53.1 Å². The molecule has 0 bridgehead atoms. The van der Waals surface area contributed by atoms with Gasteiger partial charge >= 0.3 is 0 Å². The second-order valence-corrected chi connectivity index (χ2v) is 6.32. The van der Waals surface area contributed by atoms with Gasteiger partial charge < -0.3 is 9.88 Å². The van der Waals surface area contributed by atoms with Crippen molar-refractivity contribution in [3.05, 3.63) is 33.8 Å². The Morgan fingerprint density at radius 1 is 1.53 bits per heavy atom. The molecule has 1 unspecified atom stereocenters. The van der Waals surface area contributed by atoms with Crippen molar-refractivity contribution >= 4 is 11.3 Å². The normalized spacial score (nSPS) is 16.8. The summed E-state index contributed by atoms with van der Waals surface area (Å²) < 4.78 is 2.31. The maximum absolute atomic E-state index is 4.79. The highest BCUT2D eigenvalue weighted by Gasteiger charge is 2.29. The van der Waals surface area contributed by atoms with Gasteiger partial charge in [-0.25, -0.2) is 9.97 Å². The Kier molecular flexibility index (Phi) is 3.41. The summed E-state index contributed by atoms with van der Waals surface area (Å²) in [6, 6.07) is 0.812. The van der Waals surface area contributed by atoms with Gasteiger partial charge in [-0.05, 0) is 33.2 Å². The van der Waals surface area contributed by atoms with Gasteiger partial charge in [0.1, 0.15) is 11.0 Å². The van der Waals surface area contributed by atoms with Gasteiger partial charge in [-0.1, -0.05) is 6.92 Å². The van der Waals surface area contributed by atoms with Crippen LogP contribution in [-0.4, -0.2) is 21.6 Å². The summed E-state index contributed by atoms with van der Waals surface area (Å²) in [5.41, 5.74) is 2.46. The largest absolute Gasteiger partial charge is 0.330 e. The number of rotatable bonds is 5. The Morgan fingerprint density at radius 3 is 2.89 bits per heavy atom. The first kappa shape index (κ1) is 12.8. The van der Waals surface area contributed by atoms with Crippen molar-refractivity contribution < 1.29 is 0 Å². The molecule has 102 valence electrons. The highest BCUT2D eigenvalue weighted by Crippen LogP contribution is 2.38. The molecule has 2 heterocycles. The van der Waals surface area contributed by atoms with E-state index in [-0.39, 0.29) is 6.04 Å². The second-order valence-electron chi connectivity index (χ2n) is 5.09. The van der Waals surface area contributed by atoms with E-state index in [9.17, 15) is 0 Å². The zero-order valence-electron chi connectivity index (χ0n) is 11.7. The number of thiazole rings is 1. The van der Waals surface area contributed by atoms with E-state index < -0.39 is 0 Å².